The zero-order valence-electron chi connectivity index (χ0n) is 13.1. The summed E-state index contributed by atoms with van der Waals surface area (Å²) in [5, 5.41) is 0.304. The van der Waals surface area contributed by atoms with E-state index in [1.807, 2.05) is 20.8 Å². The maximum atomic E-state index is 13.6. The van der Waals surface area contributed by atoms with Gasteiger partial charge in [-0.1, -0.05) is 11.6 Å². The molecule has 0 radical (unpaired) electrons. The molecule has 1 aliphatic rings. The maximum Gasteiger partial charge on any atom is 0.410 e. The van der Waals surface area contributed by atoms with Crippen molar-refractivity contribution in [3.8, 4) is 0 Å². The van der Waals surface area contributed by atoms with Gasteiger partial charge in [0.05, 0.1) is 6.04 Å². The molecule has 1 saturated heterocycles. The Labute approximate surface area is 135 Å². The Balaban J connectivity index is 2.29. The fraction of sp³-hybridized carbons (Fsp3) is 0.562. The molecule has 0 bridgehead atoms. The van der Waals surface area contributed by atoms with Crippen molar-refractivity contribution in [2.75, 3.05) is 6.54 Å². The number of hydrogen-bond donors (Lipinski definition) is 1. The number of rotatable bonds is 1. The van der Waals surface area contributed by atoms with Crippen LogP contribution in [0, 0.1) is 5.82 Å². The number of amides is 1. The first-order valence-electron chi connectivity index (χ1n) is 7.37. The fourth-order valence-corrected chi connectivity index (χ4v) is 2.85. The second kappa shape index (κ2) is 6.42. The highest BCUT2D eigenvalue weighted by molar-refractivity contribution is 6.30. The van der Waals surface area contributed by atoms with Crippen LogP contribution in [0.3, 0.4) is 0 Å². The van der Waals surface area contributed by atoms with Gasteiger partial charge in [0.15, 0.2) is 0 Å². The van der Waals surface area contributed by atoms with Crippen LogP contribution in [0.5, 0.6) is 0 Å². The third-order valence-corrected chi connectivity index (χ3v) is 3.76. The van der Waals surface area contributed by atoms with Crippen molar-refractivity contribution in [2.24, 2.45) is 5.73 Å². The van der Waals surface area contributed by atoms with E-state index in [1.54, 1.807) is 11.0 Å². The van der Waals surface area contributed by atoms with Crippen molar-refractivity contribution in [3.63, 3.8) is 0 Å². The van der Waals surface area contributed by atoms with E-state index in [9.17, 15) is 9.18 Å². The number of carbonyl (C=O) groups is 1. The number of piperidine rings is 1. The smallest absolute Gasteiger partial charge is 0.410 e. The van der Waals surface area contributed by atoms with Gasteiger partial charge >= 0.3 is 6.09 Å². The van der Waals surface area contributed by atoms with Gasteiger partial charge in [0.25, 0.3) is 0 Å². The molecule has 0 aromatic heterocycles. The number of nitrogens with two attached hydrogens (primary N) is 1. The first kappa shape index (κ1) is 17.0. The molecule has 2 unspecified atom stereocenters. The number of carbonyl (C=O) groups excluding carboxylic acids is 1. The predicted molar refractivity (Wildman–Crippen MR) is 84.3 cm³/mol. The molecule has 1 heterocycles. The van der Waals surface area contributed by atoms with E-state index >= 15 is 0 Å². The van der Waals surface area contributed by atoms with Crippen molar-refractivity contribution < 1.29 is 13.9 Å². The van der Waals surface area contributed by atoms with Crippen LogP contribution in [0.1, 0.15) is 45.2 Å². The summed E-state index contributed by atoms with van der Waals surface area (Å²) in [6.45, 7) is 5.92. The normalized spacial score (nSPS) is 22.5. The van der Waals surface area contributed by atoms with Gasteiger partial charge in [0, 0.05) is 17.6 Å². The Morgan fingerprint density at radius 2 is 2.09 bits per heavy atom. The largest absolute Gasteiger partial charge is 0.444 e. The lowest BCUT2D eigenvalue weighted by molar-refractivity contribution is 0.00793. The van der Waals surface area contributed by atoms with Crippen molar-refractivity contribution in [1.29, 1.82) is 0 Å². The molecule has 122 valence electrons. The summed E-state index contributed by atoms with van der Waals surface area (Å²) in [6.07, 6.45) is 0.836. The first-order chi connectivity index (χ1) is 10.2. The van der Waals surface area contributed by atoms with Crippen molar-refractivity contribution in [3.05, 3.63) is 34.6 Å². The topological polar surface area (TPSA) is 55.6 Å². The third kappa shape index (κ3) is 4.34. The minimum atomic E-state index is -0.583. The minimum absolute atomic E-state index is 0.0364. The molecule has 1 fully saturated rings. The standard InChI is InChI=1S/C16H22ClFN2O2/c1-16(2,3)22-15(21)20-5-4-13(19)9-14(20)10-6-11(17)8-12(18)7-10/h6-8,13-14H,4-5,9,19H2,1-3H3. The molecule has 2 atom stereocenters. The maximum absolute atomic E-state index is 13.6. The van der Waals surface area contributed by atoms with Gasteiger partial charge < -0.3 is 15.4 Å². The summed E-state index contributed by atoms with van der Waals surface area (Å²) >= 11 is 5.93. The number of likely N-dealkylation sites (tertiary alicyclic amines) is 1. The monoisotopic (exact) mass is 328 g/mol. The van der Waals surface area contributed by atoms with Crippen LogP contribution in [0.25, 0.3) is 0 Å². The van der Waals surface area contributed by atoms with Gasteiger partial charge in [0.1, 0.15) is 11.4 Å². The van der Waals surface area contributed by atoms with Gasteiger partial charge in [-0.25, -0.2) is 9.18 Å². The van der Waals surface area contributed by atoms with E-state index in [2.05, 4.69) is 0 Å². The lowest BCUT2D eigenvalue weighted by Crippen LogP contribution is -2.46. The number of ether oxygens (including phenoxy) is 1. The summed E-state index contributed by atoms with van der Waals surface area (Å²) in [4.78, 5) is 14.0. The average Bonchev–Trinajstić information content (AvgIpc) is 2.35. The summed E-state index contributed by atoms with van der Waals surface area (Å²) in [5.41, 5.74) is 6.08. The quantitative estimate of drug-likeness (QED) is 0.851. The molecular weight excluding hydrogens is 307 g/mol. The van der Waals surface area contributed by atoms with Crippen LogP contribution in [-0.2, 0) is 4.74 Å². The fourth-order valence-electron chi connectivity index (χ4n) is 2.62. The Morgan fingerprint density at radius 1 is 1.41 bits per heavy atom. The number of halogens is 2. The van der Waals surface area contributed by atoms with E-state index in [0.29, 0.717) is 30.0 Å². The second-order valence-electron chi connectivity index (χ2n) is 6.68. The molecule has 2 rings (SSSR count). The Bertz CT molecular complexity index is 539. The van der Waals surface area contributed by atoms with Crippen LogP contribution in [-0.4, -0.2) is 29.2 Å². The Morgan fingerprint density at radius 3 is 2.68 bits per heavy atom. The number of benzene rings is 1. The van der Waals surface area contributed by atoms with Gasteiger partial charge in [0.2, 0.25) is 0 Å². The summed E-state index contributed by atoms with van der Waals surface area (Å²) < 4.78 is 19.1. The Kier molecular flexibility index (Phi) is 4.97. The summed E-state index contributed by atoms with van der Waals surface area (Å²) in [7, 11) is 0. The molecule has 22 heavy (non-hydrogen) atoms. The molecule has 1 amide bonds. The Hall–Kier alpha value is -1.33. The lowest BCUT2D eigenvalue weighted by Gasteiger charge is -2.39. The highest BCUT2D eigenvalue weighted by atomic mass is 35.5. The minimum Gasteiger partial charge on any atom is -0.444 e. The van der Waals surface area contributed by atoms with Gasteiger partial charge in [-0.15, -0.1) is 0 Å². The molecule has 2 N–H and O–H groups in total. The number of nitrogens with zero attached hydrogens (tertiary/aromatic N) is 1. The first-order valence-corrected chi connectivity index (χ1v) is 7.75. The summed E-state index contributed by atoms with van der Waals surface area (Å²) in [6, 6.07) is 3.94. The molecule has 0 saturated carbocycles. The molecular formula is C16H22ClFN2O2. The van der Waals surface area contributed by atoms with Crippen LogP contribution in [0.15, 0.2) is 18.2 Å². The van der Waals surface area contributed by atoms with Gasteiger partial charge in [-0.2, -0.15) is 0 Å². The lowest BCUT2D eigenvalue weighted by atomic mass is 9.92. The molecule has 6 heteroatoms. The van der Waals surface area contributed by atoms with E-state index in [4.69, 9.17) is 22.1 Å². The van der Waals surface area contributed by atoms with Gasteiger partial charge in [-0.3, -0.25) is 0 Å². The third-order valence-electron chi connectivity index (χ3n) is 3.54. The molecule has 1 aromatic carbocycles. The summed E-state index contributed by atoms with van der Waals surface area (Å²) in [5.74, 6) is -0.425. The molecule has 4 nitrogen and oxygen atoms in total. The van der Waals surface area contributed by atoms with Crippen molar-refractivity contribution in [1.82, 2.24) is 4.90 Å². The number of hydrogen-bond acceptors (Lipinski definition) is 3. The highest BCUT2D eigenvalue weighted by Crippen LogP contribution is 2.33. The van der Waals surface area contributed by atoms with Crippen LogP contribution < -0.4 is 5.73 Å². The highest BCUT2D eigenvalue weighted by Gasteiger charge is 2.34. The second-order valence-corrected chi connectivity index (χ2v) is 7.11. The molecule has 0 aliphatic carbocycles. The van der Waals surface area contributed by atoms with E-state index in [1.165, 1.54) is 12.1 Å². The van der Waals surface area contributed by atoms with Crippen LogP contribution in [0.2, 0.25) is 5.02 Å². The van der Waals surface area contributed by atoms with Crippen molar-refractivity contribution in [2.45, 2.75) is 51.3 Å². The predicted octanol–water partition coefficient (Wildman–Crippen LogP) is 3.88. The van der Waals surface area contributed by atoms with Crippen LogP contribution in [0.4, 0.5) is 9.18 Å². The molecule has 1 aromatic rings. The van der Waals surface area contributed by atoms with Gasteiger partial charge in [-0.05, 0) is 57.4 Å². The van der Waals surface area contributed by atoms with E-state index < -0.39 is 17.5 Å². The SMILES string of the molecule is CC(C)(C)OC(=O)N1CCC(N)CC1c1cc(F)cc(Cl)c1. The molecule has 1 aliphatic heterocycles. The van der Waals surface area contributed by atoms with E-state index in [-0.39, 0.29) is 12.1 Å². The van der Waals surface area contributed by atoms with Crippen LogP contribution >= 0.6 is 11.6 Å². The van der Waals surface area contributed by atoms with Crippen molar-refractivity contribution >= 4 is 17.7 Å². The zero-order chi connectivity index (χ0) is 16.5. The zero-order valence-corrected chi connectivity index (χ0v) is 13.9. The average molecular weight is 329 g/mol. The van der Waals surface area contributed by atoms with E-state index in [0.717, 1.165) is 0 Å². The molecule has 0 spiro atoms.